The second-order valence-corrected chi connectivity index (χ2v) is 8.61. The summed E-state index contributed by atoms with van der Waals surface area (Å²) in [5.74, 6) is 0.179. The molecule has 0 fully saturated rings. The zero-order valence-electron chi connectivity index (χ0n) is 17.2. The maximum atomic E-state index is 12.9. The van der Waals surface area contributed by atoms with Gasteiger partial charge in [-0.15, -0.1) is 0 Å². The monoisotopic (exact) mass is 404 g/mol. The molecule has 0 saturated carbocycles. The van der Waals surface area contributed by atoms with Crippen LogP contribution >= 0.6 is 0 Å². The number of nitrogens with one attached hydrogen (secondary N) is 2. The normalized spacial score (nSPS) is 12.5. The van der Waals surface area contributed by atoms with Gasteiger partial charge in [-0.2, -0.15) is 0 Å². The van der Waals surface area contributed by atoms with Gasteiger partial charge in [0.1, 0.15) is 5.75 Å². The topological polar surface area (TPSA) is 84.5 Å². The number of ether oxygens (including phenoxy) is 1. The fourth-order valence-electron chi connectivity index (χ4n) is 3.00. The first-order valence-electron chi connectivity index (χ1n) is 9.17. The summed E-state index contributed by atoms with van der Waals surface area (Å²) in [7, 11) is -2.33. The molecule has 2 rings (SSSR count). The highest BCUT2D eigenvalue weighted by atomic mass is 32.2. The van der Waals surface area contributed by atoms with Gasteiger partial charge in [0.25, 0.3) is 0 Å². The van der Waals surface area contributed by atoms with Crippen LogP contribution in [0.1, 0.15) is 48.6 Å². The minimum absolute atomic E-state index is 0.0630. The lowest BCUT2D eigenvalue weighted by molar-refractivity contribution is -0.115. The van der Waals surface area contributed by atoms with Gasteiger partial charge in [-0.1, -0.05) is 19.1 Å². The molecule has 0 aliphatic carbocycles. The van der Waals surface area contributed by atoms with E-state index in [9.17, 15) is 13.2 Å². The molecule has 0 unspecified atom stereocenters. The van der Waals surface area contributed by atoms with Gasteiger partial charge in [0.05, 0.1) is 17.7 Å². The van der Waals surface area contributed by atoms with Crippen LogP contribution in [0.2, 0.25) is 0 Å². The standard InChI is InChI=1S/C21H28N2O4S/c1-7-21(24)22-19-12-17(8-9-20(19)27-6)28(25,26)23-16(5)18-11-14(3)13(2)10-15(18)4/h8-12,16,23H,7H2,1-6H3,(H,22,24)/t16-/m0/s1. The van der Waals surface area contributed by atoms with Gasteiger partial charge in [0, 0.05) is 12.5 Å². The van der Waals surface area contributed by atoms with E-state index < -0.39 is 16.1 Å². The second-order valence-electron chi connectivity index (χ2n) is 6.90. The number of aryl methyl sites for hydroxylation is 3. The van der Waals surface area contributed by atoms with Gasteiger partial charge in [0.2, 0.25) is 15.9 Å². The van der Waals surface area contributed by atoms with Crippen molar-refractivity contribution in [2.45, 2.75) is 52.0 Å². The molecule has 0 radical (unpaired) electrons. The van der Waals surface area contributed by atoms with Crippen molar-refractivity contribution in [3.05, 3.63) is 52.6 Å². The van der Waals surface area contributed by atoms with Gasteiger partial charge in [-0.3, -0.25) is 4.79 Å². The molecule has 0 spiro atoms. The van der Waals surface area contributed by atoms with Crippen LogP contribution in [0.3, 0.4) is 0 Å². The van der Waals surface area contributed by atoms with E-state index in [1.54, 1.807) is 6.92 Å². The highest BCUT2D eigenvalue weighted by Gasteiger charge is 2.21. The number of hydrogen-bond acceptors (Lipinski definition) is 4. The van der Waals surface area contributed by atoms with Crippen LogP contribution in [0.25, 0.3) is 0 Å². The number of carbonyl (C=O) groups is 1. The lowest BCUT2D eigenvalue weighted by Gasteiger charge is -2.19. The molecule has 2 aromatic carbocycles. The third kappa shape index (κ3) is 4.91. The molecule has 0 aromatic heterocycles. The number of methoxy groups -OCH3 is 1. The van der Waals surface area contributed by atoms with Crippen LogP contribution < -0.4 is 14.8 Å². The van der Waals surface area contributed by atoms with Crippen molar-refractivity contribution >= 4 is 21.6 Å². The van der Waals surface area contributed by atoms with Crippen molar-refractivity contribution in [2.75, 3.05) is 12.4 Å². The van der Waals surface area contributed by atoms with Crippen LogP contribution in [0.4, 0.5) is 5.69 Å². The molecule has 0 aliphatic rings. The fourth-order valence-corrected chi connectivity index (χ4v) is 4.25. The molecule has 6 nitrogen and oxygen atoms in total. The summed E-state index contributed by atoms with van der Waals surface area (Å²) < 4.78 is 33.8. The molecule has 0 aliphatic heterocycles. The Morgan fingerprint density at radius 1 is 1.07 bits per heavy atom. The SMILES string of the molecule is CCC(=O)Nc1cc(S(=O)(=O)N[C@@H](C)c2cc(C)c(C)cc2C)ccc1OC. The predicted octanol–water partition coefficient (Wildman–Crippen LogP) is 4.01. The quantitative estimate of drug-likeness (QED) is 0.730. The Morgan fingerprint density at radius 2 is 1.71 bits per heavy atom. The first-order valence-corrected chi connectivity index (χ1v) is 10.6. The lowest BCUT2D eigenvalue weighted by atomic mass is 9.97. The van der Waals surface area contributed by atoms with Crippen molar-refractivity contribution < 1.29 is 17.9 Å². The Labute approximate surface area is 167 Å². The number of hydrogen-bond donors (Lipinski definition) is 2. The summed E-state index contributed by atoms with van der Waals surface area (Å²) in [6, 6.07) is 8.07. The molecule has 1 amide bonds. The largest absolute Gasteiger partial charge is 0.495 e. The average molecular weight is 405 g/mol. The zero-order valence-corrected chi connectivity index (χ0v) is 18.0. The number of benzene rings is 2. The van der Waals surface area contributed by atoms with Gasteiger partial charge < -0.3 is 10.1 Å². The molecule has 7 heteroatoms. The molecule has 2 N–H and O–H groups in total. The summed E-state index contributed by atoms with van der Waals surface area (Å²) in [5.41, 5.74) is 4.57. The molecule has 1 atom stereocenters. The Balaban J connectivity index is 2.35. The van der Waals surface area contributed by atoms with Crippen LogP contribution in [0, 0.1) is 20.8 Å². The molecule has 152 valence electrons. The third-order valence-corrected chi connectivity index (χ3v) is 6.30. The first-order chi connectivity index (χ1) is 13.1. The van der Waals surface area contributed by atoms with E-state index in [0.29, 0.717) is 11.4 Å². The van der Waals surface area contributed by atoms with E-state index in [4.69, 9.17) is 4.74 Å². The van der Waals surface area contributed by atoms with E-state index in [-0.39, 0.29) is 17.2 Å². The smallest absolute Gasteiger partial charge is 0.241 e. The van der Waals surface area contributed by atoms with E-state index in [1.807, 2.05) is 33.8 Å². The molecule has 0 heterocycles. The van der Waals surface area contributed by atoms with Crippen molar-refractivity contribution in [1.82, 2.24) is 4.72 Å². The molecule has 28 heavy (non-hydrogen) atoms. The third-order valence-electron chi connectivity index (χ3n) is 4.76. The molecule has 0 saturated heterocycles. The summed E-state index contributed by atoms with van der Waals surface area (Å²) >= 11 is 0. The number of amides is 1. The minimum atomic E-state index is -3.79. The highest BCUT2D eigenvalue weighted by Crippen LogP contribution is 2.29. The molecular weight excluding hydrogens is 376 g/mol. The van der Waals surface area contributed by atoms with Gasteiger partial charge in [-0.25, -0.2) is 13.1 Å². The minimum Gasteiger partial charge on any atom is -0.495 e. The van der Waals surface area contributed by atoms with Crippen molar-refractivity contribution in [1.29, 1.82) is 0 Å². The summed E-state index contributed by atoms with van der Waals surface area (Å²) in [6.45, 7) is 9.55. The summed E-state index contributed by atoms with van der Waals surface area (Å²) in [6.07, 6.45) is 0.279. The Bertz CT molecular complexity index is 984. The van der Waals surface area contributed by atoms with E-state index >= 15 is 0 Å². The Kier molecular flexibility index (Phi) is 6.85. The Morgan fingerprint density at radius 3 is 2.32 bits per heavy atom. The van der Waals surface area contributed by atoms with Crippen molar-refractivity contribution in [3.8, 4) is 5.75 Å². The van der Waals surface area contributed by atoms with Crippen LogP contribution in [0.5, 0.6) is 5.75 Å². The number of carbonyl (C=O) groups excluding carboxylic acids is 1. The lowest BCUT2D eigenvalue weighted by Crippen LogP contribution is -2.27. The summed E-state index contributed by atoms with van der Waals surface area (Å²) in [4.78, 5) is 11.8. The fraction of sp³-hybridized carbons (Fsp3) is 0.381. The molecule has 0 bridgehead atoms. The maximum Gasteiger partial charge on any atom is 0.241 e. The summed E-state index contributed by atoms with van der Waals surface area (Å²) in [5, 5.41) is 2.68. The molecule has 2 aromatic rings. The zero-order chi connectivity index (χ0) is 21.1. The van der Waals surface area contributed by atoms with Crippen LogP contribution in [-0.4, -0.2) is 21.4 Å². The van der Waals surface area contributed by atoms with E-state index in [1.165, 1.54) is 30.9 Å². The van der Waals surface area contributed by atoms with Crippen LogP contribution in [0.15, 0.2) is 35.2 Å². The average Bonchev–Trinajstić information content (AvgIpc) is 2.64. The maximum absolute atomic E-state index is 12.9. The second kappa shape index (κ2) is 8.75. The van der Waals surface area contributed by atoms with Gasteiger partial charge >= 0.3 is 0 Å². The number of sulfonamides is 1. The Hall–Kier alpha value is -2.38. The highest BCUT2D eigenvalue weighted by molar-refractivity contribution is 7.89. The van der Waals surface area contributed by atoms with Crippen LogP contribution in [-0.2, 0) is 14.8 Å². The van der Waals surface area contributed by atoms with Crippen molar-refractivity contribution in [3.63, 3.8) is 0 Å². The number of anilines is 1. The van der Waals surface area contributed by atoms with E-state index in [0.717, 1.165) is 16.7 Å². The van der Waals surface area contributed by atoms with Crippen molar-refractivity contribution in [2.24, 2.45) is 0 Å². The van der Waals surface area contributed by atoms with E-state index in [2.05, 4.69) is 16.1 Å². The predicted molar refractivity (Wildman–Crippen MR) is 111 cm³/mol. The molecular formula is C21H28N2O4S. The van der Waals surface area contributed by atoms with Gasteiger partial charge in [-0.05, 0) is 68.1 Å². The first kappa shape index (κ1) is 21.9. The van der Waals surface area contributed by atoms with Gasteiger partial charge in [0.15, 0.2) is 0 Å². The number of rotatable bonds is 7.